The largest absolute Gasteiger partial charge is 0.487 e. The van der Waals surface area contributed by atoms with Crippen molar-refractivity contribution >= 4 is 45.9 Å². The summed E-state index contributed by atoms with van der Waals surface area (Å²) in [6.07, 6.45) is 4.08. The van der Waals surface area contributed by atoms with E-state index < -0.39 is 0 Å². The monoisotopic (exact) mass is 509 g/mol. The molecular weight excluding hydrogens is 484 g/mol. The molecule has 1 aromatic carbocycles. The number of ether oxygens (including phenoxy) is 3. The number of likely N-dealkylation sites (tertiary alicyclic amines) is 1. The fraction of sp³-hybridized carbons (Fsp3) is 0.360. The fourth-order valence-electron chi connectivity index (χ4n) is 4.08. The van der Waals surface area contributed by atoms with Gasteiger partial charge in [-0.25, -0.2) is 9.97 Å². The van der Waals surface area contributed by atoms with Gasteiger partial charge in [0.05, 0.1) is 23.8 Å². The zero-order valence-corrected chi connectivity index (χ0v) is 20.4. The topological polar surface area (TPSA) is 113 Å². The Labute approximate surface area is 213 Å². The van der Waals surface area contributed by atoms with Gasteiger partial charge in [0, 0.05) is 24.3 Å². The van der Waals surface area contributed by atoms with Crippen LogP contribution in [0.25, 0.3) is 16.4 Å². The third-order valence-corrected chi connectivity index (χ3v) is 6.19. The molecule has 0 spiro atoms. The molecule has 0 aliphatic carbocycles. The van der Waals surface area contributed by atoms with Crippen molar-refractivity contribution in [3.8, 4) is 5.75 Å². The summed E-state index contributed by atoms with van der Waals surface area (Å²) in [6.45, 7) is 6.34. The van der Waals surface area contributed by atoms with E-state index in [1.54, 1.807) is 17.0 Å². The highest BCUT2D eigenvalue weighted by Gasteiger charge is 2.22. The number of rotatable bonds is 8. The first-order valence-electron chi connectivity index (χ1n) is 11.8. The molecule has 2 aromatic heterocycles. The van der Waals surface area contributed by atoms with Crippen LogP contribution in [0.4, 0.5) is 17.3 Å². The highest BCUT2D eigenvalue weighted by molar-refractivity contribution is 6.32. The molecule has 0 saturated carbocycles. The van der Waals surface area contributed by atoms with Crippen LogP contribution in [0.15, 0.2) is 49.3 Å². The highest BCUT2D eigenvalue weighted by Crippen LogP contribution is 2.32. The Morgan fingerprint density at radius 1 is 1.28 bits per heavy atom. The first-order chi connectivity index (χ1) is 17.6. The Kier molecular flexibility index (Phi) is 7.45. The Morgan fingerprint density at radius 2 is 2.14 bits per heavy atom. The highest BCUT2D eigenvalue weighted by atomic mass is 35.5. The summed E-state index contributed by atoms with van der Waals surface area (Å²) in [4.78, 5) is 27.0. The smallest absolute Gasteiger partial charge is 0.245 e. The number of nitrogens with zero attached hydrogens (tertiary/aromatic N) is 5. The van der Waals surface area contributed by atoms with Gasteiger partial charge in [0.2, 0.25) is 5.91 Å². The van der Waals surface area contributed by atoms with E-state index in [2.05, 4.69) is 26.8 Å². The van der Waals surface area contributed by atoms with Crippen molar-refractivity contribution < 1.29 is 19.0 Å². The fourth-order valence-corrected chi connectivity index (χ4v) is 4.31. The van der Waals surface area contributed by atoms with Gasteiger partial charge in [-0.05, 0) is 49.2 Å². The lowest BCUT2D eigenvalue weighted by molar-refractivity contribution is -0.191. The standard InChI is InChI=1S/C25H26ClN6O4/c1-2-22(33)32-9-8-17(13-32)29-21-7-5-19-24(31-21)25(28-15-27-19)30-16-4-6-20(18(26)12-16)36-14-23-34-10-3-11-35-23/h2,4-7,12,15,17,23H,1,3,8-11,13-14H2,(H-,27,28,29,30,31)/q-1. The van der Waals surface area contributed by atoms with Gasteiger partial charge in [-0.2, -0.15) is 0 Å². The normalized spacial score (nSPS) is 18.2. The molecule has 1 unspecified atom stereocenters. The first kappa shape index (κ1) is 24.2. The molecule has 1 atom stereocenters. The molecule has 2 fully saturated rings. The molecule has 1 amide bonds. The number of benzene rings is 1. The van der Waals surface area contributed by atoms with Gasteiger partial charge in [0.1, 0.15) is 24.5 Å². The van der Waals surface area contributed by atoms with E-state index in [0.29, 0.717) is 59.7 Å². The summed E-state index contributed by atoms with van der Waals surface area (Å²) in [6, 6.07) is 9.03. The van der Waals surface area contributed by atoms with Crippen LogP contribution in [-0.2, 0) is 14.3 Å². The van der Waals surface area contributed by atoms with Gasteiger partial charge in [-0.15, -0.1) is 0 Å². The molecule has 5 rings (SSSR count). The Balaban J connectivity index is 1.27. The Morgan fingerprint density at radius 3 is 2.94 bits per heavy atom. The number of hydrogen-bond donors (Lipinski definition) is 1. The number of fused-ring (bicyclic) bond motifs is 1. The van der Waals surface area contributed by atoms with Crippen LogP contribution >= 0.6 is 11.6 Å². The van der Waals surface area contributed by atoms with Gasteiger partial charge < -0.3 is 34.7 Å². The summed E-state index contributed by atoms with van der Waals surface area (Å²) in [5.41, 5.74) is 1.98. The number of nitrogens with one attached hydrogen (secondary N) is 1. The van der Waals surface area contributed by atoms with Gasteiger partial charge >= 0.3 is 0 Å². The van der Waals surface area contributed by atoms with Crippen LogP contribution < -0.4 is 10.1 Å². The van der Waals surface area contributed by atoms with Crippen LogP contribution in [0, 0.1) is 0 Å². The number of halogens is 1. The number of anilines is 2. The third kappa shape index (κ3) is 5.67. The Hall–Kier alpha value is -3.47. The minimum atomic E-state index is -0.388. The summed E-state index contributed by atoms with van der Waals surface area (Å²) in [5, 5.41) is 8.43. The predicted octanol–water partition coefficient (Wildman–Crippen LogP) is 4.36. The number of carbonyl (C=O) groups excluding carboxylic acids is 1. The van der Waals surface area contributed by atoms with Crippen LogP contribution in [0.2, 0.25) is 5.02 Å². The van der Waals surface area contributed by atoms with Crippen LogP contribution in [0.1, 0.15) is 12.8 Å². The van der Waals surface area contributed by atoms with E-state index >= 15 is 0 Å². The van der Waals surface area contributed by atoms with Crippen LogP contribution in [0.3, 0.4) is 0 Å². The predicted molar refractivity (Wildman–Crippen MR) is 136 cm³/mol. The molecule has 188 valence electrons. The minimum Gasteiger partial charge on any atom is -0.487 e. The molecule has 11 heteroatoms. The SMILES string of the molecule is C=CC(=O)N1CCC([N-]c2ccc3ncnc(Nc4ccc(OCC5OCCCO5)c(Cl)c4)c3n2)C1. The second-order valence-electron chi connectivity index (χ2n) is 8.43. The van der Waals surface area contributed by atoms with Gasteiger partial charge in [-0.3, -0.25) is 4.79 Å². The first-order valence-corrected chi connectivity index (χ1v) is 12.1. The van der Waals surface area contributed by atoms with Crippen molar-refractivity contribution in [2.75, 3.05) is 38.2 Å². The van der Waals surface area contributed by atoms with E-state index in [9.17, 15) is 4.79 Å². The minimum absolute atomic E-state index is 0.0179. The van der Waals surface area contributed by atoms with Crippen molar-refractivity contribution in [3.63, 3.8) is 0 Å². The van der Waals surface area contributed by atoms with Crippen molar-refractivity contribution in [1.82, 2.24) is 19.9 Å². The molecule has 3 aromatic rings. The van der Waals surface area contributed by atoms with E-state index in [0.717, 1.165) is 18.5 Å². The Bertz CT molecular complexity index is 1250. The average Bonchev–Trinajstić information content (AvgIpc) is 3.37. The summed E-state index contributed by atoms with van der Waals surface area (Å²) < 4.78 is 16.8. The van der Waals surface area contributed by atoms with E-state index in [1.807, 2.05) is 18.2 Å². The molecule has 2 aliphatic rings. The lowest BCUT2D eigenvalue weighted by Crippen LogP contribution is -2.30. The summed E-state index contributed by atoms with van der Waals surface area (Å²) in [5.74, 6) is 1.55. The molecule has 10 nitrogen and oxygen atoms in total. The molecule has 2 aliphatic heterocycles. The van der Waals surface area contributed by atoms with Gasteiger partial charge in [-0.1, -0.05) is 30.1 Å². The van der Waals surface area contributed by atoms with E-state index in [4.69, 9.17) is 31.1 Å². The maximum atomic E-state index is 11.9. The second-order valence-corrected chi connectivity index (χ2v) is 8.83. The van der Waals surface area contributed by atoms with Gasteiger partial charge in [0.15, 0.2) is 6.29 Å². The maximum absolute atomic E-state index is 11.9. The molecule has 0 bridgehead atoms. The number of pyridine rings is 1. The van der Waals surface area contributed by atoms with Crippen molar-refractivity contribution in [2.45, 2.75) is 25.2 Å². The maximum Gasteiger partial charge on any atom is 0.245 e. The summed E-state index contributed by atoms with van der Waals surface area (Å²) in [7, 11) is 0. The second kappa shape index (κ2) is 11.1. The lowest BCUT2D eigenvalue weighted by atomic mass is 10.2. The van der Waals surface area contributed by atoms with Crippen molar-refractivity contribution in [3.05, 3.63) is 59.7 Å². The molecule has 1 N–H and O–H groups in total. The quantitative estimate of drug-likeness (QED) is 0.446. The average molecular weight is 510 g/mol. The zero-order chi connectivity index (χ0) is 24.9. The summed E-state index contributed by atoms with van der Waals surface area (Å²) >= 11 is 6.45. The van der Waals surface area contributed by atoms with Crippen LogP contribution in [0.5, 0.6) is 5.75 Å². The number of aromatic nitrogens is 3. The van der Waals surface area contributed by atoms with Crippen LogP contribution in [-0.4, -0.2) is 71.0 Å². The molecule has 0 radical (unpaired) electrons. The molecular formula is C25H26ClN6O4-. The number of amides is 1. The molecule has 36 heavy (non-hydrogen) atoms. The number of carbonyl (C=O) groups is 1. The van der Waals surface area contributed by atoms with E-state index in [1.165, 1.54) is 12.4 Å². The van der Waals surface area contributed by atoms with E-state index in [-0.39, 0.29) is 24.8 Å². The number of hydrogen-bond acceptors (Lipinski definition) is 8. The lowest BCUT2D eigenvalue weighted by Gasteiger charge is -2.23. The molecule has 2 saturated heterocycles. The molecule has 4 heterocycles. The third-order valence-electron chi connectivity index (χ3n) is 5.90. The van der Waals surface area contributed by atoms with Crippen molar-refractivity contribution in [2.24, 2.45) is 0 Å². The van der Waals surface area contributed by atoms with Gasteiger partial charge in [0.25, 0.3) is 0 Å². The zero-order valence-electron chi connectivity index (χ0n) is 19.6. The van der Waals surface area contributed by atoms with Crippen molar-refractivity contribution in [1.29, 1.82) is 0 Å².